The Hall–Kier alpha value is -3.47. The first kappa shape index (κ1) is 23.2. The third-order valence-corrected chi connectivity index (χ3v) is 5.38. The molecule has 0 saturated heterocycles. The zero-order valence-electron chi connectivity index (χ0n) is 18.1. The Balaban J connectivity index is 1.97. The van der Waals surface area contributed by atoms with Gasteiger partial charge < -0.3 is 10.5 Å². The molecule has 5 nitrogen and oxygen atoms in total. The van der Waals surface area contributed by atoms with Crippen molar-refractivity contribution in [3.63, 3.8) is 0 Å². The molecule has 0 bridgehead atoms. The minimum absolute atomic E-state index is 0.0670. The summed E-state index contributed by atoms with van der Waals surface area (Å²) >= 11 is 0. The van der Waals surface area contributed by atoms with Crippen molar-refractivity contribution < 1.29 is 22.7 Å². The van der Waals surface area contributed by atoms with E-state index in [9.17, 15) is 18.0 Å². The number of aliphatic imine (C=N–C) groups is 1. The molecule has 1 aliphatic rings. The van der Waals surface area contributed by atoms with E-state index in [-0.39, 0.29) is 29.6 Å². The monoisotopic (exact) mass is 443 g/mol. The number of benzene rings is 2. The van der Waals surface area contributed by atoms with Crippen LogP contribution in [0.25, 0.3) is 0 Å². The summed E-state index contributed by atoms with van der Waals surface area (Å²) in [7, 11) is 1.53. The number of halogens is 3. The zero-order chi connectivity index (χ0) is 23.5. The molecule has 0 saturated carbocycles. The number of rotatable bonds is 6. The van der Waals surface area contributed by atoms with Crippen molar-refractivity contribution in [2.24, 2.45) is 10.7 Å². The Labute approximate surface area is 185 Å². The van der Waals surface area contributed by atoms with E-state index in [4.69, 9.17) is 5.73 Å². The van der Waals surface area contributed by atoms with Gasteiger partial charge in [-0.05, 0) is 54.7 Å². The van der Waals surface area contributed by atoms with E-state index in [1.54, 1.807) is 19.1 Å². The quantitative estimate of drug-likeness (QED) is 0.684. The van der Waals surface area contributed by atoms with Gasteiger partial charge in [0.1, 0.15) is 11.6 Å². The number of aryl methyl sites for hydroxylation is 2. The molecule has 1 atom stereocenters. The maximum absolute atomic E-state index is 14.3. The summed E-state index contributed by atoms with van der Waals surface area (Å²) in [5, 5.41) is 0. The average molecular weight is 443 g/mol. The SMILES string of the molecule is CCC#Cc1cc([C@@]2(CCc3ccc(OC(F)F)c(C)c3)N=C(N)N(C)C2=O)ccc1F. The molecule has 0 fully saturated rings. The normalized spacial score (nSPS) is 17.9. The molecule has 0 radical (unpaired) electrons. The second-order valence-corrected chi connectivity index (χ2v) is 7.52. The van der Waals surface area contributed by atoms with Gasteiger partial charge in [0.05, 0.1) is 5.56 Å². The maximum atomic E-state index is 14.3. The Morgan fingerprint density at radius 3 is 2.59 bits per heavy atom. The van der Waals surface area contributed by atoms with Crippen LogP contribution in [0.5, 0.6) is 5.75 Å². The van der Waals surface area contributed by atoms with Gasteiger partial charge in [-0.2, -0.15) is 8.78 Å². The molecule has 1 amide bonds. The summed E-state index contributed by atoms with van der Waals surface area (Å²) in [5.74, 6) is 4.97. The van der Waals surface area contributed by atoms with E-state index in [0.717, 1.165) is 5.56 Å². The second-order valence-electron chi connectivity index (χ2n) is 7.52. The zero-order valence-corrected chi connectivity index (χ0v) is 18.1. The van der Waals surface area contributed by atoms with Crippen molar-refractivity contribution in [2.45, 2.75) is 45.3 Å². The van der Waals surface area contributed by atoms with Gasteiger partial charge in [-0.3, -0.25) is 9.69 Å². The molecule has 2 aromatic carbocycles. The average Bonchev–Trinajstić information content (AvgIpc) is 2.97. The molecule has 0 spiro atoms. The van der Waals surface area contributed by atoms with Crippen LogP contribution < -0.4 is 10.5 Å². The van der Waals surface area contributed by atoms with E-state index >= 15 is 0 Å². The van der Waals surface area contributed by atoms with E-state index in [2.05, 4.69) is 21.6 Å². The summed E-state index contributed by atoms with van der Waals surface area (Å²) < 4.78 is 43.8. The third kappa shape index (κ3) is 4.57. The Kier molecular flexibility index (Phi) is 6.78. The summed E-state index contributed by atoms with van der Waals surface area (Å²) in [6, 6.07) is 9.19. The minimum atomic E-state index is -2.91. The predicted octanol–water partition coefficient (Wildman–Crippen LogP) is 4.11. The van der Waals surface area contributed by atoms with Crippen LogP contribution in [0.15, 0.2) is 41.4 Å². The van der Waals surface area contributed by atoms with Crippen molar-refractivity contribution in [3.8, 4) is 17.6 Å². The first-order valence-electron chi connectivity index (χ1n) is 10.1. The van der Waals surface area contributed by atoms with E-state index in [1.807, 2.05) is 6.92 Å². The summed E-state index contributed by atoms with van der Waals surface area (Å²) in [5.41, 5.74) is 6.66. The number of hydrogen-bond donors (Lipinski definition) is 1. The number of nitrogens with two attached hydrogens (primary N) is 1. The van der Waals surface area contributed by atoms with Gasteiger partial charge in [0.25, 0.3) is 5.91 Å². The lowest BCUT2D eigenvalue weighted by Gasteiger charge is -2.26. The lowest BCUT2D eigenvalue weighted by atomic mass is 9.83. The Morgan fingerprint density at radius 2 is 2.00 bits per heavy atom. The number of ether oxygens (including phenoxy) is 1. The summed E-state index contributed by atoms with van der Waals surface area (Å²) in [6.07, 6.45) is 1.21. The number of carbonyl (C=O) groups excluding carboxylic acids is 1. The lowest BCUT2D eigenvalue weighted by molar-refractivity contribution is -0.130. The standard InChI is InChI=1S/C24H24F3N3O2/c1-4-5-6-17-14-18(8-9-19(17)25)24(21(31)30(3)23(28)29-24)12-11-16-7-10-20(15(2)13-16)32-22(26)27/h7-10,13-14,22H,4,11-12H2,1-3H3,(H2,28,29)/t24-/m1/s1. The van der Waals surface area contributed by atoms with Crippen LogP contribution in [0.3, 0.4) is 0 Å². The number of guanidine groups is 1. The number of amides is 1. The van der Waals surface area contributed by atoms with Crippen LogP contribution in [-0.2, 0) is 16.8 Å². The number of nitrogens with zero attached hydrogens (tertiary/aromatic N) is 2. The Bertz CT molecular complexity index is 1120. The van der Waals surface area contributed by atoms with Crippen molar-refractivity contribution in [1.29, 1.82) is 0 Å². The van der Waals surface area contributed by atoms with Gasteiger partial charge in [0, 0.05) is 13.5 Å². The van der Waals surface area contributed by atoms with Crippen LogP contribution in [-0.4, -0.2) is 30.4 Å². The molecule has 2 aromatic rings. The fourth-order valence-electron chi connectivity index (χ4n) is 3.68. The number of carbonyl (C=O) groups is 1. The largest absolute Gasteiger partial charge is 0.435 e. The van der Waals surface area contributed by atoms with Gasteiger partial charge in [0.15, 0.2) is 11.5 Å². The van der Waals surface area contributed by atoms with Crippen molar-refractivity contribution in [1.82, 2.24) is 4.90 Å². The van der Waals surface area contributed by atoms with Crippen LogP contribution in [0.4, 0.5) is 13.2 Å². The molecule has 3 rings (SSSR count). The first-order chi connectivity index (χ1) is 15.2. The Morgan fingerprint density at radius 1 is 1.25 bits per heavy atom. The van der Waals surface area contributed by atoms with Gasteiger partial charge in [-0.15, -0.1) is 0 Å². The topological polar surface area (TPSA) is 67.9 Å². The number of likely N-dealkylation sites (N-methyl/N-ethyl adjacent to an activating group) is 1. The highest BCUT2D eigenvalue weighted by Gasteiger charge is 2.47. The first-order valence-corrected chi connectivity index (χ1v) is 10.1. The van der Waals surface area contributed by atoms with Crippen molar-refractivity contribution in [3.05, 3.63) is 64.5 Å². The molecule has 2 N–H and O–H groups in total. The molecule has 168 valence electrons. The van der Waals surface area contributed by atoms with E-state index in [1.165, 1.54) is 36.2 Å². The van der Waals surface area contributed by atoms with Crippen LogP contribution in [0, 0.1) is 24.6 Å². The summed E-state index contributed by atoms with van der Waals surface area (Å²) in [6.45, 7) is 0.617. The smallest absolute Gasteiger partial charge is 0.387 e. The number of hydrogen-bond acceptors (Lipinski definition) is 4. The fraction of sp³-hybridized carbons (Fsp3) is 0.333. The minimum Gasteiger partial charge on any atom is -0.435 e. The van der Waals surface area contributed by atoms with Crippen LogP contribution >= 0.6 is 0 Å². The highest BCUT2D eigenvalue weighted by atomic mass is 19.3. The van der Waals surface area contributed by atoms with Gasteiger partial charge >= 0.3 is 6.61 Å². The molecule has 8 heteroatoms. The highest BCUT2D eigenvalue weighted by molar-refractivity contribution is 6.06. The molecule has 0 aliphatic carbocycles. The molecular formula is C24H24F3N3O2. The molecule has 0 aromatic heterocycles. The van der Waals surface area contributed by atoms with E-state index in [0.29, 0.717) is 24.0 Å². The molecule has 32 heavy (non-hydrogen) atoms. The van der Waals surface area contributed by atoms with Crippen LogP contribution in [0.1, 0.15) is 42.0 Å². The van der Waals surface area contributed by atoms with Crippen molar-refractivity contribution >= 4 is 11.9 Å². The van der Waals surface area contributed by atoms with Crippen LogP contribution in [0.2, 0.25) is 0 Å². The lowest BCUT2D eigenvalue weighted by Crippen LogP contribution is -2.40. The van der Waals surface area contributed by atoms with Gasteiger partial charge in [-0.1, -0.05) is 37.0 Å². The number of alkyl halides is 2. The molecule has 1 heterocycles. The third-order valence-electron chi connectivity index (χ3n) is 5.38. The van der Waals surface area contributed by atoms with E-state index < -0.39 is 18.0 Å². The van der Waals surface area contributed by atoms with Gasteiger partial charge in [0.2, 0.25) is 0 Å². The van der Waals surface area contributed by atoms with Gasteiger partial charge in [-0.25, -0.2) is 9.38 Å². The molecular weight excluding hydrogens is 419 g/mol. The predicted molar refractivity (Wildman–Crippen MR) is 116 cm³/mol. The summed E-state index contributed by atoms with van der Waals surface area (Å²) in [4.78, 5) is 19.0. The second kappa shape index (κ2) is 9.35. The fourth-order valence-corrected chi connectivity index (χ4v) is 3.68. The van der Waals surface area contributed by atoms with Crippen molar-refractivity contribution in [2.75, 3.05) is 7.05 Å². The maximum Gasteiger partial charge on any atom is 0.387 e. The molecule has 0 unspecified atom stereocenters. The molecule has 1 aliphatic heterocycles. The highest BCUT2D eigenvalue weighted by Crippen LogP contribution is 2.38.